The Balaban J connectivity index is 2.51. The van der Waals surface area contributed by atoms with Crippen molar-refractivity contribution in [2.75, 3.05) is 26.7 Å². The zero-order chi connectivity index (χ0) is 13.9. The summed E-state index contributed by atoms with van der Waals surface area (Å²) in [7, 11) is 1.64. The lowest BCUT2D eigenvalue weighted by Gasteiger charge is -2.30. The lowest BCUT2D eigenvalue weighted by atomic mass is 9.86. The summed E-state index contributed by atoms with van der Waals surface area (Å²) < 4.78 is 0. The second-order valence-corrected chi connectivity index (χ2v) is 6.13. The Kier molecular flexibility index (Phi) is 4.73. The number of likely N-dealkylation sites (N-methyl/N-ethyl adjacent to an activating group) is 1. The SMILES string of the molecule is CN(CC(=O)N1CCCC1)C(=O)[C@@H](N)C(C)(C)C. The second kappa shape index (κ2) is 5.69. The van der Waals surface area contributed by atoms with Crippen molar-refractivity contribution in [3.63, 3.8) is 0 Å². The molecule has 1 aliphatic rings. The van der Waals surface area contributed by atoms with Crippen LogP contribution in [0.4, 0.5) is 0 Å². The second-order valence-electron chi connectivity index (χ2n) is 6.13. The fraction of sp³-hybridized carbons (Fsp3) is 0.846. The van der Waals surface area contributed by atoms with Gasteiger partial charge in [0.2, 0.25) is 11.8 Å². The average Bonchev–Trinajstić information content (AvgIpc) is 2.78. The normalized spacial score (nSPS) is 17.7. The molecule has 0 unspecified atom stereocenters. The molecule has 1 fully saturated rings. The van der Waals surface area contributed by atoms with Crippen molar-refractivity contribution >= 4 is 11.8 Å². The molecule has 1 heterocycles. The van der Waals surface area contributed by atoms with Gasteiger partial charge in [0.25, 0.3) is 0 Å². The van der Waals surface area contributed by atoms with Crippen molar-refractivity contribution < 1.29 is 9.59 Å². The van der Waals surface area contributed by atoms with Crippen LogP contribution in [0.3, 0.4) is 0 Å². The molecule has 1 atom stereocenters. The van der Waals surface area contributed by atoms with Crippen LogP contribution in [0.15, 0.2) is 0 Å². The molecule has 1 rings (SSSR count). The highest BCUT2D eigenvalue weighted by atomic mass is 16.2. The van der Waals surface area contributed by atoms with Crippen LogP contribution in [0.5, 0.6) is 0 Å². The fourth-order valence-electron chi connectivity index (χ4n) is 1.96. The van der Waals surface area contributed by atoms with E-state index in [1.807, 2.05) is 25.7 Å². The maximum Gasteiger partial charge on any atom is 0.242 e. The highest BCUT2D eigenvalue weighted by Gasteiger charge is 2.31. The minimum atomic E-state index is -0.575. The summed E-state index contributed by atoms with van der Waals surface area (Å²) in [6.45, 7) is 7.52. The molecule has 0 saturated carbocycles. The van der Waals surface area contributed by atoms with Gasteiger partial charge >= 0.3 is 0 Å². The van der Waals surface area contributed by atoms with Crippen molar-refractivity contribution in [1.82, 2.24) is 9.80 Å². The summed E-state index contributed by atoms with van der Waals surface area (Å²) in [5.41, 5.74) is 5.62. The molecule has 0 bridgehead atoms. The molecule has 1 aliphatic heterocycles. The van der Waals surface area contributed by atoms with Crippen LogP contribution in [0, 0.1) is 5.41 Å². The van der Waals surface area contributed by atoms with Gasteiger partial charge in [0.1, 0.15) is 0 Å². The van der Waals surface area contributed by atoms with Crippen molar-refractivity contribution in [1.29, 1.82) is 0 Å². The molecule has 2 N–H and O–H groups in total. The molecular weight excluding hydrogens is 230 g/mol. The molecule has 5 nitrogen and oxygen atoms in total. The number of carbonyl (C=O) groups excluding carboxylic acids is 2. The molecule has 0 aromatic carbocycles. The first-order chi connectivity index (χ1) is 8.23. The van der Waals surface area contributed by atoms with Crippen LogP contribution in [-0.2, 0) is 9.59 Å². The number of rotatable bonds is 3. The predicted octanol–water partition coefficient (Wildman–Crippen LogP) is 0.441. The van der Waals surface area contributed by atoms with E-state index in [4.69, 9.17) is 5.73 Å². The molecule has 104 valence electrons. The van der Waals surface area contributed by atoms with Crippen molar-refractivity contribution in [2.24, 2.45) is 11.1 Å². The van der Waals surface area contributed by atoms with Gasteiger partial charge in [-0.15, -0.1) is 0 Å². The number of nitrogens with zero attached hydrogens (tertiary/aromatic N) is 2. The van der Waals surface area contributed by atoms with Gasteiger partial charge in [0, 0.05) is 20.1 Å². The third-order valence-electron chi connectivity index (χ3n) is 3.41. The Hall–Kier alpha value is -1.10. The largest absolute Gasteiger partial charge is 0.341 e. The van der Waals surface area contributed by atoms with Gasteiger partial charge in [-0.2, -0.15) is 0 Å². The Morgan fingerprint density at radius 1 is 1.28 bits per heavy atom. The third kappa shape index (κ3) is 3.70. The summed E-state index contributed by atoms with van der Waals surface area (Å²) in [4.78, 5) is 27.2. The molecule has 18 heavy (non-hydrogen) atoms. The van der Waals surface area contributed by atoms with Crippen LogP contribution in [0.25, 0.3) is 0 Å². The van der Waals surface area contributed by atoms with Crippen LogP contribution < -0.4 is 5.73 Å². The van der Waals surface area contributed by atoms with Gasteiger partial charge in [0.15, 0.2) is 0 Å². The van der Waals surface area contributed by atoms with E-state index in [-0.39, 0.29) is 23.8 Å². The van der Waals surface area contributed by atoms with Gasteiger partial charge in [-0.1, -0.05) is 20.8 Å². The lowest BCUT2D eigenvalue weighted by molar-refractivity contribution is -0.140. The molecule has 0 aromatic rings. The molecule has 0 aromatic heterocycles. The monoisotopic (exact) mass is 255 g/mol. The first-order valence-electron chi connectivity index (χ1n) is 6.52. The van der Waals surface area contributed by atoms with E-state index in [1.165, 1.54) is 4.90 Å². The Bertz CT molecular complexity index is 317. The zero-order valence-electron chi connectivity index (χ0n) is 11.9. The number of carbonyl (C=O) groups is 2. The minimum Gasteiger partial charge on any atom is -0.341 e. The molecule has 0 radical (unpaired) electrons. The maximum absolute atomic E-state index is 12.1. The lowest BCUT2D eigenvalue weighted by Crippen LogP contribution is -2.51. The van der Waals surface area contributed by atoms with Crippen LogP contribution in [0.1, 0.15) is 33.6 Å². The van der Waals surface area contributed by atoms with Gasteiger partial charge in [-0.05, 0) is 18.3 Å². The topological polar surface area (TPSA) is 66.6 Å². The van der Waals surface area contributed by atoms with E-state index >= 15 is 0 Å². The van der Waals surface area contributed by atoms with E-state index in [9.17, 15) is 9.59 Å². The van der Waals surface area contributed by atoms with E-state index in [0.717, 1.165) is 25.9 Å². The summed E-state index contributed by atoms with van der Waals surface area (Å²) in [6, 6.07) is -0.575. The van der Waals surface area contributed by atoms with E-state index in [2.05, 4.69) is 0 Å². The van der Waals surface area contributed by atoms with Crippen LogP contribution >= 0.6 is 0 Å². The standard InChI is InChI=1S/C13H25N3O2/c1-13(2,3)11(14)12(18)15(4)9-10(17)16-7-5-6-8-16/h11H,5-9,14H2,1-4H3/t11-/m1/s1. The average molecular weight is 255 g/mol. The minimum absolute atomic E-state index is 0.0180. The summed E-state index contributed by atoms with van der Waals surface area (Å²) in [6.07, 6.45) is 2.12. The number of likely N-dealkylation sites (tertiary alicyclic amines) is 1. The number of hydrogen-bond acceptors (Lipinski definition) is 3. The Morgan fingerprint density at radius 3 is 2.22 bits per heavy atom. The predicted molar refractivity (Wildman–Crippen MR) is 70.9 cm³/mol. The van der Waals surface area contributed by atoms with Crippen LogP contribution in [0.2, 0.25) is 0 Å². The summed E-state index contributed by atoms with van der Waals surface area (Å²) in [5, 5.41) is 0. The van der Waals surface area contributed by atoms with E-state index in [1.54, 1.807) is 7.05 Å². The molecule has 5 heteroatoms. The summed E-state index contributed by atoms with van der Waals surface area (Å²) >= 11 is 0. The molecule has 2 amide bonds. The smallest absolute Gasteiger partial charge is 0.242 e. The van der Waals surface area contributed by atoms with E-state index < -0.39 is 6.04 Å². The zero-order valence-corrected chi connectivity index (χ0v) is 11.9. The van der Waals surface area contributed by atoms with E-state index in [0.29, 0.717) is 0 Å². The molecular formula is C13H25N3O2. The molecule has 0 spiro atoms. The Labute approximate surface area is 109 Å². The van der Waals surface area contributed by atoms with Gasteiger partial charge in [0.05, 0.1) is 12.6 Å². The summed E-state index contributed by atoms with van der Waals surface area (Å²) in [5.74, 6) is -0.153. The number of hydrogen-bond donors (Lipinski definition) is 1. The third-order valence-corrected chi connectivity index (χ3v) is 3.41. The molecule has 1 saturated heterocycles. The quantitative estimate of drug-likeness (QED) is 0.796. The van der Waals surface area contributed by atoms with Gasteiger partial charge in [-0.3, -0.25) is 9.59 Å². The van der Waals surface area contributed by atoms with Crippen molar-refractivity contribution in [2.45, 2.75) is 39.7 Å². The maximum atomic E-state index is 12.1. The first-order valence-corrected chi connectivity index (χ1v) is 6.52. The van der Waals surface area contributed by atoms with Crippen LogP contribution in [-0.4, -0.2) is 54.3 Å². The van der Waals surface area contributed by atoms with Gasteiger partial charge < -0.3 is 15.5 Å². The van der Waals surface area contributed by atoms with Gasteiger partial charge in [-0.25, -0.2) is 0 Å². The molecule has 0 aliphatic carbocycles. The highest BCUT2D eigenvalue weighted by molar-refractivity contribution is 5.87. The van der Waals surface area contributed by atoms with Crippen molar-refractivity contribution in [3.8, 4) is 0 Å². The highest BCUT2D eigenvalue weighted by Crippen LogP contribution is 2.18. The number of amides is 2. The number of nitrogens with two attached hydrogens (primary N) is 1. The fourth-order valence-corrected chi connectivity index (χ4v) is 1.96. The van der Waals surface area contributed by atoms with Crippen molar-refractivity contribution in [3.05, 3.63) is 0 Å². The first kappa shape index (κ1) is 15.0. The Morgan fingerprint density at radius 2 is 1.78 bits per heavy atom.